The van der Waals surface area contributed by atoms with Gasteiger partial charge in [0.25, 0.3) is 0 Å². The molecule has 1 aliphatic heterocycles. The third kappa shape index (κ3) is 1.23. The Kier molecular flexibility index (Phi) is 2.22. The average molecular weight is 195 g/mol. The van der Waals surface area contributed by atoms with Gasteiger partial charge in [0.1, 0.15) is 0 Å². The van der Waals surface area contributed by atoms with E-state index in [-0.39, 0.29) is 11.0 Å². The fourth-order valence-electron chi connectivity index (χ4n) is 3.30. The Labute approximate surface area is 86.7 Å². The summed E-state index contributed by atoms with van der Waals surface area (Å²) in [6, 6.07) is 0. The molecular formula is C12H21NO. The highest BCUT2D eigenvalue weighted by molar-refractivity contribution is 5.94. The predicted molar refractivity (Wildman–Crippen MR) is 57.2 cm³/mol. The number of rotatable bonds is 0. The molecule has 0 amide bonds. The Morgan fingerprint density at radius 3 is 2.36 bits per heavy atom. The fraction of sp³-hybridized carbons (Fsp3) is 0.917. The van der Waals surface area contributed by atoms with E-state index in [1.54, 1.807) is 0 Å². The van der Waals surface area contributed by atoms with Gasteiger partial charge in [0.05, 0.1) is 5.54 Å². The second kappa shape index (κ2) is 3.06. The molecule has 2 heteroatoms. The zero-order valence-corrected chi connectivity index (χ0v) is 9.60. The highest BCUT2D eigenvalue weighted by Crippen LogP contribution is 2.45. The van der Waals surface area contributed by atoms with Crippen molar-refractivity contribution in [3.63, 3.8) is 0 Å². The first-order valence-corrected chi connectivity index (χ1v) is 5.75. The number of nitrogens with zero attached hydrogens (tertiary/aromatic N) is 1. The van der Waals surface area contributed by atoms with Crippen molar-refractivity contribution in [2.75, 3.05) is 13.6 Å². The molecule has 0 aromatic carbocycles. The molecule has 2 aliphatic rings. The van der Waals surface area contributed by atoms with Crippen molar-refractivity contribution in [1.82, 2.24) is 4.90 Å². The van der Waals surface area contributed by atoms with Crippen LogP contribution in [0.25, 0.3) is 0 Å². The Morgan fingerprint density at radius 2 is 1.79 bits per heavy atom. The fourth-order valence-corrected chi connectivity index (χ4v) is 3.30. The third-order valence-corrected chi connectivity index (χ3v) is 4.24. The quantitative estimate of drug-likeness (QED) is 0.591. The average Bonchev–Trinajstić information content (AvgIpc) is 2.45. The minimum atomic E-state index is -0.0865. The van der Waals surface area contributed by atoms with Crippen LogP contribution < -0.4 is 0 Å². The number of hydrogen-bond donors (Lipinski definition) is 0. The molecule has 14 heavy (non-hydrogen) atoms. The molecule has 1 saturated carbocycles. The summed E-state index contributed by atoms with van der Waals surface area (Å²) in [5.74, 6) is 0.497. The van der Waals surface area contributed by atoms with Gasteiger partial charge < -0.3 is 0 Å². The normalized spacial score (nSPS) is 38.1. The van der Waals surface area contributed by atoms with Gasteiger partial charge in [-0.05, 0) is 39.3 Å². The SMILES string of the molecule is CN1CCCC12CCCC(C)(C)C2=O. The topological polar surface area (TPSA) is 20.3 Å². The van der Waals surface area contributed by atoms with Crippen LogP contribution in [0, 0.1) is 5.41 Å². The minimum absolute atomic E-state index is 0.0816. The Bertz CT molecular complexity index is 259. The zero-order chi connectivity index (χ0) is 10.4. The van der Waals surface area contributed by atoms with Crippen molar-refractivity contribution in [3.05, 3.63) is 0 Å². The molecule has 2 fully saturated rings. The van der Waals surface area contributed by atoms with E-state index in [0.29, 0.717) is 5.78 Å². The molecule has 2 rings (SSSR count). The van der Waals surface area contributed by atoms with E-state index in [1.165, 1.54) is 12.8 Å². The lowest BCUT2D eigenvalue weighted by atomic mass is 9.66. The van der Waals surface area contributed by atoms with E-state index < -0.39 is 0 Å². The first-order valence-electron chi connectivity index (χ1n) is 5.75. The maximum atomic E-state index is 12.4. The summed E-state index contributed by atoms with van der Waals surface area (Å²) in [5, 5.41) is 0. The number of ketones is 1. The highest BCUT2D eigenvalue weighted by atomic mass is 16.1. The molecule has 0 aromatic rings. The van der Waals surface area contributed by atoms with Crippen molar-refractivity contribution in [3.8, 4) is 0 Å². The van der Waals surface area contributed by atoms with Gasteiger partial charge >= 0.3 is 0 Å². The van der Waals surface area contributed by atoms with Crippen molar-refractivity contribution in [2.45, 2.75) is 51.5 Å². The molecule has 1 unspecified atom stereocenters. The van der Waals surface area contributed by atoms with Crippen LogP contribution in [0.3, 0.4) is 0 Å². The molecule has 1 spiro atoms. The summed E-state index contributed by atoms with van der Waals surface area (Å²) in [4.78, 5) is 14.7. The second-order valence-electron chi connectivity index (χ2n) is 5.62. The molecule has 0 bridgehead atoms. The first kappa shape index (κ1) is 10.2. The van der Waals surface area contributed by atoms with Gasteiger partial charge in [0.2, 0.25) is 0 Å². The maximum Gasteiger partial charge on any atom is 0.158 e. The second-order valence-corrected chi connectivity index (χ2v) is 5.62. The molecule has 1 heterocycles. The Morgan fingerprint density at radius 1 is 1.14 bits per heavy atom. The largest absolute Gasteiger partial charge is 0.297 e. The molecule has 0 aromatic heterocycles. The van der Waals surface area contributed by atoms with Crippen LogP contribution in [0.5, 0.6) is 0 Å². The van der Waals surface area contributed by atoms with E-state index in [0.717, 1.165) is 25.8 Å². The van der Waals surface area contributed by atoms with E-state index in [1.807, 2.05) is 0 Å². The number of likely N-dealkylation sites (tertiary alicyclic amines) is 1. The van der Waals surface area contributed by atoms with Gasteiger partial charge in [-0.25, -0.2) is 0 Å². The molecule has 2 nitrogen and oxygen atoms in total. The van der Waals surface area contributed by atoms with Crippen LogP contribution in [0.2, 0.25) is 0 Å². The van der Waals surface area contributed by atoms with Gasteiger partial charge in [-0.2, -0.15) is 0 Å². The van der Waals surface area contributed by atoms with E-state index in [4.69, 9.17) is 0 Å². The van der Waals surface area contributed by atoms with Gasteiger partial charge in [0.15, 0.2) is 5.78 Å². The molecule has 1 saturated heterocycles. The van der Waals surface area contributed by atoms with Crippen LogP contribution in [-0.4, -0.2) is 29.8 Å². The van der Waals surface area contributed by atoms with E-state index in [9.17, 15) is 4.79 Å². The summed E-state index contributed by atoms with van der Waals surface area (Å²) < 4.78 is 0. The summed E-state index contributed by atoms with van der Waals surface area (Å²) >= 11 is 0. The van der Waals surface area contributed by atoms with Crippen molar-refractivity contribution in [2.24, 2.45) is 5.41 Å². The van der Waals surface area contributed by atoms with Crippen LogP contribution in [0.4, 0.5) is 0 Å². The predicted octanol–water partition coefficient (Wildman–Crippen LogP) is 2.23. The van der Waals surface area contributed by atoms with Crippen molar-refractivity contribution < 1.29 is 4.79 Å². The number of carbonyl (C=O) groups excluding carboxylic acids is 1. The standard InChI is InChI=1S/C12H21NO/c1-11(2)6-4-7-12(10(11)14)8-5-9-13(12)3/h4-9H2,1-3H3. The highest BCUT2D eigenvalue weighted by Gasteiger charge is 2.52. The summed E-state index contributed by atoms with van der Waals surface area (Å²) in [5.41, 5.74) is -0.168. The monoisotopic (exact) mass is 195 g/mol. The molecule has 1 aliphatic carbocycles. The van der Waals surface area contributed by atoms with Gasteiger partial charge in [-0.15, -0.1) is 0 Å². The van der Waals surface area contributed by atoms with Crippen molar-refractivity contribution >= 4 is 5.78 Å². The lowest BCUT2D eigenvalue weighted by Gasteiger charge is -2.44. The summed E-state index contributed by atoms with van der Waals surface area (Å²) in [6.45, 7) is 5.33. The lowest BCUT2D eigenvalue weighted by Crippen LogP contribution is -2.56. The number of carbonyl (C=O) groups is 1. The summed E-state index contributed by atoms with van der Waals surface area (Å²) in [7, 11) is 2.12. The Hall–Kier alpha value is -0.370. The molecule has 0 radical (unpaired) electrons. The maximum absolute atomic E-state index is 12.4. The van der Waals surface area contributed by atoms with E-state index >= 15 is 0 Å². The van der Waals surface area contributed by atoms with Crippen LogP contribution in [0.1, 0.15) is 46.0 Å². The van der Waals surface area contributed by atoms with Crippen LogP contribution in [-0.2, 0) is 4.79 Å². The van der Waals surface area contributed by atoms with Crippen LogP contribution in [0.15, 0.2) is 0 Å². The molecule has 80 valence electrons. The number of likely N-dealkylation sites (N-methyl/N-ethyl adjacent to an activating group) is 1. The van der Waals surface area contributed by atoms with E-state index in [2.05, 4.69) is 25.8 Å². The van der Waals surface area contributed by atoms with Gasteiger partial charge in [-0.1, -0.05) is 20.3 Å². The van der Waals surface area contributed by atoms with Gasteiger partial charge in [-0.3, -0.25) is 9.69 Å². The van der Waals surface area contributed by atoms with Crippen molar-refractivity contribution in [1.29, 1.82) is 0 Å². The van der Waals surface area contributed by atoms with Crippen LogP contribution >= 0.6 is 0 Å². The number of hydrogen-bond acceptors (Lipinski definition) is 2. The van der Waals surface area contributed by atoms with Gasteiger partial charge in [0, 0.05) is 5.41 Å². The Balaban J connectivity index is 2.31. The third-order valence-electron chi connectivity index (χ3n) is 4.24. The smallest absolute Gasteiger partial charge is 0.158 e. The molecule has 1 atom stereocenters. The zero-order valence-electron chi connectivity index (χ0n) is 9.60. The number of Topliss-reactive ketones (excluding diaryl/α,β-unsaturated/α-hetero) is 1. The minimum Gasteiger partial charge on any atom is -0.297 e. The summed E-state index contributed by atoms with van der Waals surface area (Å²) in [6.07, 6.45) is 5.65. The lowest BCUT2D eigenvalue weighted by molar-refractivity contribution is -0.142. The molecular weight excluding hydrogens is 174 g/mol. The first-order chi connectivity index (χ1) is 6.49. The molecule has 0 N–H and O–H groups in total.